The number of carbonyl (C=O) groups is 1. The number of benzene rings is 2. The Morgan fingerprint density at radius 3 is 2.77 bits per heavy atom. The van der Waals surface area contributed by atoms with E-state index in [1.165, 1.54) is 22.5 Å². The van der Waals surface area contributed by atoms with Gasteiger partial charge in [0.15, 0.2) is 5.13 Å². The van der Waals surface area contributed by atoms with Crippen molar-refractivity contribution in [1.82, 2.24) is 10.3 Å². The van der Waals surface area contributed by atoms with Crippen LogP contribution >= 0.6 is 11.3 Å². The van der Waals surface area contributed by atoms with Crippen LogP contribution in [0.1, 0.15) is 11.1 Å². The summed E-state index contributed by atoms with van der Waals surface area (Å²) in [4.78, 5) is 16.9. The van der Waals surface area contributed by atoms with Crippen molar-refractivity contribution in [3.8, 4) is 0 Å². The number of hydrogen-bond donors (Lipinski definition) is 2. The first-order chi connectivity index (χ1) is 10.8. The third-order valence-corrected chi connectivity index (χ3v) is 4.87. The van der Waals surface area contributed by atoms with Gasteiger partial charge in [-0.2, -0.15) is 0 Å². The molecule has 3 aromatic rings. The van der Waals surface area contributed by atoms with E-state index in [4.69, 9.17) is 0 Å². The fourth-order valence-electron chi connectivity index (χ4n) is 2.76. The van der Waals surface area contributed by atoms with Crippen molar-refractivity contribution >= 4 is 32.6 Å². The minimum Gasteiger partial charge on any atom is -0.301 e. The molecule has 0 saturated heterocycles. The summed E-state index contributed by atoms with van der Waals surface area (Å²) in [6.45, 7) is 0.730. The van der Waals surface area contributed by atoms with Crippen molar-refractivity contribution < 1.29 is 4.79 Å². The highest BCUT2D eigenvalue weighted by Gasteiger charge is 2.24. The minimum atomic E-state index is -0.207. The maximum absolute atomic E-state index is 12.4. The van der Waals surface area contributed by atoms with E-state index in [0.717, 1.165) is 16.8 Å². The van der Waals surface area contributed by atoms with Crippen LogP contribution in [0.15, 0.2) is 48.5 Å². The zero-order valence-corrected chi connectivity index (χ0v) is 12.7. The van der Waals surface area contributed by atoms with Gasteiger partial charge in [0.1, 0.15) is 0 Å². The maximum Gasteiger partial charge on any atom is 0.243 e. The Labute approximate surface area is 132 Å². The number of rotatable bonds is 2. The molecule has 110 valence electrons. The Kier molecular flexibility index (Phi) is 3.36. The zero-order valence-electron chi connectivity index (χ0n) is 11.9. The van der Waals surface area contributed by atoms with Gasteiger partial charge in [0.25, 0.3) is 0 Å². The number of aromatic nitrogens is 1. The lowest BCUT2D eigenvalue weighted by molar-refractivity contribution is -0.118. The molecular weight excluding hydrogens is 294 g/mol. The predicted octanol–water partition coefficient (Wildman–Crippen LogP) is 2.95. The second kappa shape index (κ2) is 5.51. The van der Waals surface area contributed by atoms with E-state index in [2.05, 4.69) is 27.8 Å². The van der Waals surface area contributed by atoms with E-state index < -0.39 is 0 Å². The Morgan fingerprint density at radius 1 is 1.14 bits per heavy atom. The number of thiazole rings is 1. The van der Waals surface area contributed by atoms with Crippen LogP contribution in [-0.4, -0.2) is 16.9 Å². The molecule has 0 radical (unpaired) electrons. The normalized spacial score (nSPS) is 17.2. The van der Waals surface area contributed by atoms with E-state index in [1.807, 2.05) is 36.4 Å². The first-order valence-electron chi connectivity index (χ1n) is 7.26. The summed E-state index contributed by atoms with van der Waals surface area (Å²) in [7, 11) is 0. The van der Waals surface area contributed by atoms with Crippen LogP contribution in [-0.2, 0) is 17.8 Å². The summed E-state index contributed by atoms with van der Waals surface area (Å²) in [5.41, 5.74) is 3.43. The molecule has 0 bridgehead atoms. The van der Waals surface area contributed by atoms with Gasteiger partial charge < -0.3 is 10.6 Å². The Bertz CT molecular complexity index is 810. The van der Waals surface area contributed by atoms with Gasteiger partial charge in [-0.05, 0) is 29.7 Å². The van der Waals surface area contributed by atoms with Crippen LogP contribution in [0, 0.1) is 0 Å². The molecule has 4 rings (SSSR count). The second-order valence-corrected chi connectivity index (χ2v) is 6.41. The van der Waals surface area contributed by atoms with Gasteiger partial charge in [0.2, 0.25) is 5.91 Å². The quantitative estimate of drug-likeness (QED) is 0.765. The Balaban J connectivity index is 1.51. The molecular formula is C17H15N3OS. The molecule has 1 aromatic heterocycles. The number of para-hydroxylation sites is 1. The van der Waals surface area contributed by atoms with E-state index in [-0.39, 0.29) is 11.9 Å². The van der Waals surface area contributed by atoms with Crippen molar-refractivity contribution in [3.63, 3.8) is 0 Å². The Morgan fingerprint density at radius 2 is 1.91 bits per heavy atom. The lowest BCUT2D eigenvalue weighted by atomic mass is 9.95. The molecule has 2 aromatic carbocycles. The molecule has 1 aliphatic rings. The van der Waals surface area contributed by atoms with Crippen molar-refractivity contribution in [2.45, 2.75) is 19.0 Å². The number of nitrogens with one attached hydrogen (secondary N) is 2. The van der Waals surface area contributed by atoms with Crippen LogP contribution in [0.2, 0.25) is 0 Å². The summed E-state index contributed by atoms with van der Waals surface area (Å²) in [5.74, 6) is -0.0199. The molecule has 2 heterocycles. The summed E-state index contributed by atoms with van der Waals surface area (Å²) in [6.07, 6.45) is 0.715. The molecule has 0 aliphatic carbocycles. The number of carbonyl (C=O) groups excluding carboxylic acids is 1. The maximum atomic E-state index is 12.4. The van der Waals surface area contributed by atoms with Gasteiger partial charge >= 0.3 is 0 Å². The highest BCUT2D eigenvalue weighted by Crippen LogP contribution is 2.26. The van der Waals surface area contributed by atoms with Gasteiger partial charge in [-0.15, -0.1) is 0 Å². The lowest BCUT2D eigenvalue weighted by Gasteiger charge is -2.24. The third-order valence-electron chi connectivity index (χ3n) is 3.92. The number of fused-ring (bicyclic) bond motifs is 2. The topological polar surface area (TPSA) is 54.0 Å². The largest absolute Gasteiger partial charge is 0.301 e. The van der Waals surface area contributed by atoms with Crippen LogP contribution in [0.25, 0.3) is 10.2 Å². The third kappa shape index (κ3) is 2.49. The van der Waals surface area contributed by atoms with Crippen LogP contribution in [0.5, 0.6) is 0 Å². The van der Waals surface area contributed by atoms with Gasteiger partial charge in [-0.3, -0.25) is 4.79 Å². The van der Waals surface area contributed by atoms with E-state index in [9.17, 15) is 4.79 Å². The smallest absolute Gasteiger partial charge is 0.243 e. The number of anilines is 1. The first kappa shape index (κ1) is 13.4. The van der Waals surface area contributed by atoms with Crippen LogP contribution in [0.3, 0.4) is 0 Å². The molecule has 22 heavy (non-hydrogen) atoms. The molecule has 0 spiro atoms. The van der Waals surface area contributed by atoms with E-state index >= 15 is 0 Å². The summed E-state index contributed by atoms with van der Waals surface area (Å²) in [5, 5.41) is 6.89. The van der Waals surface area contributed by atoms with Gasteiger partial charge in [-0.25, -0.2) is 4.98 Å². The zero-order chi connectivity index (χ0) is 14.9. The highest BCUT2D eigenvalue weighted by molar-refractivity contribution is 7.22. The Hall–Kier alpha value is -2.24. The standard InChI is InChI=1S/C17H15N3OS/c21-16(14-9-11-5-1-2-6-12(11)10-18-14)20-17-19-13-7-3-4-8-15(13)22-17/h1-8,14,18H,9-10H2,(H,19,20,21)/t14-/m0/s1. The molecule has 1 atom stereocenters. The summed E-state index contributed by atoms with van der Waals surface area (Å²) in [6, 6.07) is 15.9. The van der Waals surface area contributed by atoms with Crippen molar-refractivity contribution in [2.75, 3.05) is 5.32 Å². The van der Waals surface area contributed by atoms with Crippen LogP contribution in [0.4, 0.5) is 5.13 Å². The lowest BCUT2D eigenvalue weighted by Crippen LogP contribution is -2.44. The number of nitrogens with zero attached hydrogens (tertiary/aromatic N) is 1. The molecule has 0 unspecified atom stereocenters. The van der Waals surface area contributed by atoms with Crippen LogP contribution < -0.4 is 10.6 Å². The number of amides is 1. The van der Waals surface area contributed by atoms with Crippen molar-refractivity contribution in [3.05, 3.63) is 59.7 Å². The molecule has 1 amide bonds. The van der Waals surface area contributed by atoms with Gasteiger partial charge in [-0.1, -0.05) is 47.7 Å². The molecule has 2 N–H and O–H groups in total. The molecule has 0 saturated carbocycles. The first-order valence-corrected chi connectivity index (χ1v) is 8.08. The van der Waals surface area contributed by atoms with E-state index in [1.54, 1.807) is 0 Å². The average Bonchev–Trinajstić information content (AvgIpc) is 2.96. The summed E-state index contributed by atoms with van der Waals surface area (Å²) < 4.78 is 1.08. The molecule has 0 fully saturated rings. The van der Waals surface area contributed by atoms with Crippen molar-refractivity contribution in [1.29, 1.82) is 0 Å². The highest BCUT2D eigenvalue weighted by atomic mass is 32.1. The minimum absolute atomic E-state index is 0.0199. The molecule has 1 aliphatic heterocycles. The SMILES string of the molecule is O=C(Nc1nc2ccccc2s1)[C@@H]1Cc2ccccc2CN1. The monoisotopic (exact) mass is 309 g/mol. The fraction of sp³-hybridized carbons (Fsp3) is 0.176. The second-order valence-electron chi connectivity index (χ2n) is 5.38. The van der Waals surface area contributed by atoms with Gasteiger partial charge in [0.05, 0.1) is 16.3 Å². The van der Waals surface area contributed by atoms with Crippen molar-refractivity contribution in [2.24, 2.45) is 0 Å². The van der Waals surface area contributed by atoms with Gasteiger partial charge in [0, 0.05) is 6.54 Å². The average molecular weight is 309 g/mol. The molecule has 5 heteroatoms. The molecule has 4 nitrogen and oxygen atoms in total. The number of hydrogen-bond acceptors (Lipinski definition) is 4. The summed E-state index contributed by atoms with van der Waals surface area (Å²) >= 11 is 1.50. The van der Waals surface area contributed by atoms with E-state index in [0.29, 0.717) is 11.6 Å². The fourth-order valence-corrected chi connectivity index (χ4v) is 3.63. The predicted molar refractivity (Wildman–Crippen MR) is 89.0 cm³/mol.